The van der Waals surface area contributed by atoms with Gasteiger partial charge in [0, 0.05) is 11.0 Å². The largest absolute Gasteiger partial charge is 0.383 e. The SMILES string of the molecule is C=C(C)C1(C)C=CC2=C(C=C1)OS(=O)N=C2. The van der Waals surface area contributed by atoms with E-state index < -0.39 is 11.3 Å². The fourth-order valence-electron chi connectivity index (χ4n) is 1.41. The minimum atomic E-state index is -1.60. The molecule has 0 radical (unpaired) electrons. The lowest BCUT2D eigenvalue weighted by atomic mass is 9.83. The third-order valence-electron chi connectivity index (χ3n) is 2.83. The lowest BCUT2D eigenvalue weighted by molar-refractivity contribution is 0.469. The highest BCUT2D eigenvalue weighted by Crippen LogP contribution is 2.33. The molecule has 4 heteroatoms. The summed E-state index contributed by atoms with van der Waals surface area (Å²) in [4.78, 5) is 0. The highest BCUT2D eigenvalue weighted by molar-refractivity contribution is 7.79. The van der Waals surface area contributed by atoms with Crippen LogP contribution in [0.15, 0.2) is 52.2 Å². The van der Waals surface area contributed by atoms with E-state index in [-0.39, 0.29) is 5.41 Å². The second-order valence-electron chi connectivity index (χ2n) is 4.08. The Hall–Kier alpha value is -1.42. The van der Waals surface area contributed by atoms with E-state index in [1.165, 1.54) is 0 Å². The summed E-state index contributed by atoms with van der Waals surface area (Å²) in [7, 11) is 0. The lowest BCUT2D eigenvalue weighted by Crippen LogP contribution is -2.09. The van der Waals surface area contributed by atoms with Gasteiger partial charge in [-0.15, -0.1) is 0 Å². The van der Waals surface area contributed by atoms with E-state index in [1.807, 2.05) is 31.2 Å². The van der Waals surface area contributed by atoms with Gasteiger partial charge in [0.1, 0.15) is 0 Å². The van der Waals surface area contributed by atoms with Gasteiger partial charge in [-0.1, -0.05) is 30.4 Å². The monoisotopic (exact) mass is 235 g/mol. The summed E-state index contributed by atoms with van der Waals surface area (Å²) in [6.07, 6.45) is 9.35. The molecule has 0 bridgehead atoms. The summed E-state index contributed by atoms with van der Waals surface area (Å²) in [6.45, 7) is 8.01. The molecule has 0 aromatic rings. The third-order valence-corrected chi connectivity index (χ3v) is 3.43. The Balaban J connectivity index is 2.40. The second-order valence-corrected chi connectivity index (χ2v) is 4.90. The normalized spacial score (nSPS) is 32.0. The molecule has 84 valence electrons. The number of nitrogens with zero attached hydrogens (tertiary/aromatic N) is 1. The zero-order valence-electron chi connectivity index (χ0n) is 9.27. The van der Waals surface area contributed by atoms with Crippen molar-refractivity contribution in [2.45, 2.75) is 13.8 Å². The van der Waals surface area contributed by atoms with Gasteiger partial charge in [0.15, 0.2) is 5.76 Å². The summed E-state index contributed by atoms with van der Waals surface area (Å²) < 4.78 is 19.9. The van der Waals surface area contributed by atoms with E-state index in [1.54, 1.807) is 6.21 Å². The van der Waals surface area contributed by atoms with Crippen LogP contribution in [0.1, 0.15) is 13.8 Å². The molecule has 0 aromatic carbocycles. The van der Waals surface area contributed by atoms with Crippen molar-refractivity contribution in [1.82, 2.24) is 0 Å². The molecule has 2 rings (SSSR count). The van der Waals surface area contributed by atoms with Gasteiger partial charge in [0.2, 0.25) is 0 Å². The zero-order valence-corrected chi connectivity index (χ0v) is 10.1. The highest BCUT2D eigenvalue weighted by atomic mass is 32.2. The summed E-state index contributed by atoms with van der Waals surface area (Å²) in [6, 6.07) is 0. The fraction of sp³-hybridized carbons (Fsp3) is 0.250. The van der Waals surface area contributed by atoms with Gasteiger partial charge in [0.25, 0.3) is 0 Å². The van der Waals surface area contributed by atoms with Crippen LogP contribution in [0.25, 0.3) is 0 Å². The highest BCUT2D eigenvalue weighted by Gasteiger charge is 2.22. The molecule has 0 saturated heterocycles. The van der Waals surface area contributed by atoms with Crippen LogP contribution in [-0.2, 0) is 15.4 Å². The molecule has 2 atom stereocenters. The molecule has 1 aliphatic heterocycles. The van der Waals surface area contributed by atoms with E-state index in [0.717, 1.165) is 11.1 Å². The van der Waals surface area contributed by atoms with Crippen molar-refractivity contribution >= 4 is 17.5 Å². The van der Waals surface area contributed by atoms with Crippen molar-refractivity contribution in [3.8, 4) is 0 Å². The number of hydrogen-bond donors (Lipinski definition) is 0. The summed E-state index contributed by atoms with van der Waals surface area (Å²) in [5, 5.41) is 0. The van der Waals surface area contributed by atoms with Gasteiger partial charge in [-0.25, -0.2) is 0 Å². The van der Waals surface area contributed by atoms with Crippen molar-refractivity contribution < 1.29 is 8.39 Å². The third kappa shape index (κ3) is 1.93. The molecule has 0 saturated carbocycles. The summed E-state index contributed by atoms with van der Waals surface area (Å²) in [5.41, 5.74) is 1.68. The van der Waals surface area contributed by atoms with E-state index in [2.05, 4.69) is 17.9 Å². The first-order chi connectivity index (χ1) is 7.51. The Kier molecular flexibility index (Phi) is 2.68. The minimum absolute atomic E-state index is 0.198. The number of rotatable bonds is 1. The first kappa shape index (κ1) is 11.1. The molecule has 1 heterocycles. The molecule has 2 unspecified atom stereocenters. The molecule has 0 aromatic heterocycles. The van der Waals surface area contributed by atoms with E-state index in [9.17, 15) is 4.21 Å². The van der Waals surface area contributed by atoms with Gasteiger partial charge >= 0.3 is 11.3 Å². The quantitative estimate of drug-likeness (QED) is 0.655. The van der Waals surface area contributed by atoms with Crippen molar-refractivity contribution in [2.24, 2.45) is 9.81 Å². The van der Waals surface area contributed by atoms with E-state index >= 15 is 0 Å². The molecule has 0 spiro atoms. The van der Waals surface area contributed by atoms with Crippen molar-refractivity contribution in [2.75, 3.05) is 0 Å². The van der Waals surface area contributed by atoms with Crippen LogP contribution >= 0.6 is 0 Å². The maximum atomic E-state index is 11.1. The van der Waals surface area contributed by atoms with Crippen LogP contribution in [0.4, 0.5) is 0 Å². The molecule has 0 amide bonds. The minimum Gasteiger partial charge on any atom is -0.383 e. The van der Waals surface area contributed by atoms with Gasteiger partial charge in [0.05, 0.1) is 6.21 Å². The molecule has 1 aliphatic carbocycles. The smallest absolute Gasteiger partial charge is 0.338 e. The average Bonchev–Trinajstić information content (AvgIpc) is 2.40. The van der Waals surface area contributed by atoms with Crippen LogP contribution in [0.5, 0.6) is 0 Å². The van der Waals surface area contributed by atoms with Crippen LogP contribution in [0.2, 0.25) is 0 Å². The van der Waals surface area contributed by atoms with Gasteiger partial charge in [-0.3, -0.25) is 0 Å². The van der Waals surface area contributed by atoms with Crippen molar-refractivity contribution in [1.29, 1.82) is 0 Å². The first-order valence-electron chi connectivity index (χ1n) is 4.94. The second kappa shape index (κ2) is 3.87. The molecule has 2 aliphatic rings. The average molecular weight is 235 g/mol. The first-order valence-corrected chi connectivity index (χ1v) is 5.97. The molecular formula is C12H13NO2S. The lowest BCUT2D eigenvalue weighted by Gasteiger charge is -2.21. The molecule has 0 fully saturated rings. The van der Waals surface area contributed by atoms with Crippen LogP contribution in [0, 0.1) is 5.41 Å². The number of allylic oxidation sites excluding steroid dienone is 6. The van der Waals surface area contributed by atoms with Gasteiger partial charge < -0.3 is 4.18 Å². The number of hydrogen-bond acceptors (Lipinski definition) is 2. The Morgan fingerprint density at radius 1 is 1.50 bits per heavy atom. The van der Waals surface area contributed by atoms with Crippen molar-refractivity contribution in [3.05, 3.63) is 47.8 Å². The van der Waals surface area contributed by atoms with Crippen LogP contribution < -0.4 is 0 Å². The molecule has 16 heavy (non-hydrogen) atoms. The standard InChI is InChI=1S/C12H13NO2S/c1-9(2)12(3)6-4-10-8-13-16(14)15-11(10)5-7-12/h4-8H,1H2,2-3H3. The van der Waals surface area contributed by atoms with Crippen LogP contribution in [0.3, 0.4) is 0 Å². The van der Waals surface area contributed by atoms with Gasteiger partial charge in [-0.05, 0) is 19.9 Å². The molecule has 3 nitrogen and oxygen atoms in total. The Bertz CT molecular complexity index is 485. The summed E-state index contributed by atoms with van der Waals surface area (Å²) >= 11 is -1.60. The predicted octanol–water partition coefficient (Wildman–Crippen LogP) is 2.63. The Morgan fingerprint density at radius 3 is 2.88 bits per heavy atom. The van der Waals surface area contributed by atoms with Crippen molar-refractivity contribution in [3.63, 3.8) is 0 Å². The van der Waals surface area contributed by atoms with Gasteiger partial charge in [-0.2, -0.15) is 8.61 Å². The van der Waals surface area contributed by atoms with E-state index in [4.69, 9.17) is 4.18 Å². The fourth-order valence-corrected chi connectivity index (χ4v) is 1.96. The Morgan fingerprint density at radius 2 is 2.19 bits per heavy atom. The zero-order chi connectivity index (χ0) is 11.8. The summed E-state index contributed by atoms with van der Waals surface area (Å²) in [5.74, 6) is 0.592. The maximum Gasteiger partial charge on any atom is 0.338 e. The maximum absolute atomic E-state index is 11.1. The van der Waals surface area contributed by atoms with E-state index in [0.29, 0.717) is 5.76 Å². The topological polar surface area (TPSA) is 38.7 Å². The Labute approximate surface area is 97.7 Å². The predicted molar refractivity (Wildman–Crippen MR) is 65.9 cm³/mol. The van der Waals surface area contributed by atoms with Crippen LogP contribution in [-0.4, -0.2) is 10.4 Å². The molecular weight excluding hydrogens is 222 g/mol. The molecule has 0 N–H and O–H groups in total.